The Bertz CT molecular complexity index is 861. The Morgan fingerprint density at radius 3 is 2.46 bits per heavy atom. The zero-order valence-electron chi connectivity index (χ0n) is 16.3. The number of allylic oxidation sites excluding steroid dienone is 1. The van der Waals surface area contributed by atoms with Crippen LogP contribution in [-0.2, 0) is 6.42 Å². The van der Waals surface area contributed by atoms with Crippen molar-refractivity contribution in [2.45, 2.75) is 6.42 Å². The summed E-state index contributed by atoms with van der Waals surface area (Å²) >= 11 is 6.31. The maximum absolute atomic E-state index is 13.1. The van der Waals surface area contributed by atoms with E-state index in [1.807, 2.05) is 35.2 Å². The first-order valence-electron chi connectivity index (χ1n) is 9.23. The highest BCUT2D eigenvalue weighted by Gasteiger charge is 2.25. The van der Waals surface area contributed by atoms with Gasteiger partial charge in [0, 0.05) is 37.3 Å². The van der Waals surface area contributed by atoms with Gasteiger partial charge in [-0.2, -0.15) is 0 Å². The molecule has 1 amide bonds. The van der Waals surface area contributed by atoms with Gasteiger partial charge >= 0.3 is 0 Å². The molecule has 2 aromatic rings. The average molecular weight is 401 g/mol. The van der Waals surface area contributed by atoms with Gasteiger partial charge in [-0.3, -0.25) is 4.79 Å². The van der Waals surface area contributed by atoms with Gasteiger partial charge in [0.25, 0.3) is 5.91 Å². The highest BCUT2D eigenvalue weighted by Crippen LogP contribution is 2.34. The van der Waals surface area contributed by atoms with Gasteiger partial charge < -0.3 is 19.3 Å². The lowest BCUT2D eigenvalue weighted by Gasteiger charge is -2.36. The Labute approximate surface area is 171 Å². The van der Waals surface area contributed by atoms with Crippen molar-refractivity contribution in [3.8, 4) is 11.5 Å². The van der Waals surface area contributed by atoms with Crippen LogP contribution < -0.4 is 14.4 Å². The van der Waals surface area contributed by atoms with Crippen LogP contribution in [0.2, 0.25) is 5.02 Å². The summed E-state index contributed by atoms with van der Waals surface area (Å²) in [4.78, 5) is 17.2. The van der Waals surface area contributed by atoms with E-state index in [-0.39, 0.29) is 5.91 Å². The highest BCUT2D eigenvalue weighted by atomic mass is 35.5. The van der Waals surface area contributed by atoms with Crippen LogP contribution in [0.15, 0.2) is 49.1 Å². The summed E-state index contributed by atoms with van der Waals surface area (Å²) in [6.07, 6.45) is 2.38. The van der Waals surface area contributed by atoms with E-state index < -0.39 is 0 Å². The molecule has 148 valence electrons. The first kappa shape index (κ1) is 20.1. The third kappa shape index (κ3) is 4.09. The van der Waals surface area contributed by atoms with Crippen molar-refractivity contribution in [2.75, 3.05) is 45.3 Å². The maximum Gasteiger partial charge on any atom is 0.254 e. The predicted molar refractivity (Wildman–Crippen MR) is 113 cm³/mol. The molecule has 0 radical (unpaired) electrons. The molecule has 0 aliphatic carbocycles. The molecule has 0 bridgehead atoms. The summed E-state index contributed by atoms with van der Waals surface area (Å²) in [5.41, 5.74) is 2.49. The Hall–Kier alpha value is -2.66. The number of carbonyl (C=O) groups is 1. The number of anilines is 1. The fourth-order valence-corrected chi connectivity index (χ4v) is 3.77. The van der Waals surface area contributed by atoms with Gasteiger partial charge in [-0.15, -0.1) is 6.58 Å². The third-order valence-electron chi connectivity index (χ3n) is 4.93. The molecule has 0 unspecified atom stereocenters. The number of carbonyl (C=O) groups excluding carboxylic acids is 1. The zero-order valence-corrected chi connectivity index (χ0v) is 17.0. The van der Waals surface area contributed by atoms with Crippen molar-refractivity contribution in [3.05, 3.63) is 65.2 Å². The van der Waals surface area contributed by atoms with Crippen LogP contribution >= 0.6 is 11.6 Å². The molecule has 1 saturated heterocycles. The van der Waals surface area contributed by atoms with Crippen LogP contribution in [-0.4, -0.2) is 51.2 Å². The Morgan fingerprint density at radius 1 is 1.14 bits per heavy atom. The number of ether oxygens (including phenoxy) is 2. The summed E-state index contributed by atoms with van der Waals surface area (Å²) in [5, 5.41) is 0.733. The minimum Gasteiger partial charge on any atom is -0.493 e. The summed E-state index contributed by atoms with van der Waals surface area (Å²) in [5.74, 6) is 1.19. The number of benzene rings is 2. The van der Waals surface area contributed by atoms with E-state index in [2.05, 4.69) is 11.5 Å². The summed E-state index contributed by atoms with van der Waals surface area (Å²) < 4.78 is 10.9. The minimum absolute atomic E-state index is 0.00919. The van der Waals surface area contributed by atoms with Crippen molar-refractivity contribution in [3.63, 3.8) is 0 Å². The van der Waals surface area contributed by atoms with Gasteiger partial charge in [-0.1, -0.05) is 29.8 Å². The number of nitrogens with zero attached hydrogens (tertiary/aromatic N) is 2. The highest BCUT2D eigenvalue weighted by molar-refractivity contribution is 6.33. The van der Waals surface area contributed by atoms with Crippen LogP contribution in [0, 0.1) is 0 Å². The summed E-state index contributed by atoms with van der Waals surface area (Å²) in [6, 6.07) is 11.4. The lowest BCUT2D eigenvalue weighted by molar-refractivity contribution is 0.0746. The molecule has 28 heavy (non-hydrogen) atoms. The molecule has 6 heteroatoms. The van der Waals surface area contributed by atoms with Crippen molar-refractivity contribution in [1.82, 2.24) is 4.90 Å². The van der Waals surface area contributed by atoms with Crippen molar-refractivity contribution < 1.29 is 14.3 Å². The van der Waals surface area contributed by atoms with E-state index in [9.17, 15) is 4.79 Å². The van der Waals surface area contributed by atoms with E-state index in [1.165, 1.54) is 0 Å². The van der Waals surface area contributed by atoms with Crippen LogP contribution in [0.4, 0.5) is 5.69 Å². The Balaban J connectivity index is 1.77. The molecule has 1 heterocycles. The largest absolute Gasteiger partial charge is 0.493 e. The van der Waals surface area contributed by atoms with Gasteiger partial charge in [-0.25, -0.2) is 0 Å². The second kappa shape index (κ2) is 9.02. The number of para-hydroxylation sites is 1. The van der Waals surface area contributed by atoms with Gasteiger partial charge in [0.2, 0.25) is 0 Å². The number of rotatable bonds is 6. The Kier molecular flexibility index (Phi) is 6.47. The Morgan fingerprint density at radius 2 is 1.86 bits per heavy atom. The van der Waals surface area contributed by atoms with E-state index in [0.29, 0.717) is 36.6 Å². The number of methoxy groups -OCH3 is 2. The van der Waals surface area contributed by atoms with Crippen LogP contribution in [0.25, 0.3) is 0 Å². The molecule has 0 spiro atoms. The predicted octanol–water partition coefficient (Wildman–Crippen LogP) is 4.05. The molecular formula is C22H25ClN2O3. The second-order valence-corrected chi connectivity index (χ2v) is 7.00. The maximum atomic E-state index is 13.1. The lowest BCUT2D eigenvalue weighted by Crippen LogP contribution is -2.48. The van der Waals surface area contributed by atoms with Gasteiger partial charge in [0.05, 0.1) is 24.9 Å². The number of piperazine rings is 1. The van der Waals surface area contributed by atoms with Gasteiger partial charge in [0.15, 0.2) is 11.5 Å². The molecule has 1 aliphatic heterocycles. The van der Waals surface area contributed by atoms with Crippen LogP contribution in [0.3, 0.4) is 0 Å². The fraction of sp³-hybridized carbons (Fsp3) is 0.318. The molecule has 2 aromatic carbocycles. The summed E-state index contributed by atoms with van der Waals surface area (Å²) in [7, 11) is 3.17. The van der Waals surface area contributed by atoms with Crippen molar-refractivity contribution in [1.29, 1.82) is 0 Å². The normalized spacial score (nSPS) is 14.0. The lowest BCUT2D eigenvalue weighted by atomic mass is 10.0. The molecular weight excluding hydrogens is 376 g/mol. The number of hydrogen-bond donors (Lipinski definition) is 0. The van der Waals surface area contributed by atoms with Crippen molar-refractivity contribution in [2.24, 2.45) is 0 Å². The first-order chi connectivity index (χ1) is 13.6. The number of hydrogen-bond acceptors (Lipinski definition) is 4. The number of amides is 1. The minimum atomic E-state index is -0.00919. The summed E-state index contributed by atoms with van der Waals surface area (Å²) in [6.45, 7) is 6.53. The molecule has 0 atom stereocenters. The van der Waals surface area contributed by atoms with Crippen LogP contribution in [0.1, 0.15) is 15.9 Å². The molecule has 5 nitrogen and oxygen atoms in total. The van der Waals surface area contributed by atoms with E-state index in [1.54, 1.807) is 26.4 Å². The topological polar surface area (TPSA) is 42.0 Å². The SMILES string of the molecule is C=CCc1cc(C(=O)N2CCN(c3ccccc3Cl)CC2)cc(OC)c1OC. The molecule has 0 saturated carbocycles. The van der Waals surface area contributed by atoms with Crippen LogP contribution in [0.5, 0.6) is 11.5 Å². The number of halogens is 1. The molecule has 0 aromatic heterocycles. The van der Waals surface area contributed by atoms with E-state index >= 15 is 0 Å². The second-order valence-electron chi connectivity index (χ2n) is 6.59. The zero-order chi connectivity index (χ0) is 20.1. The monoisotopic (exact) mass is 400 g/mol. The fourth-order valence-electron chi connectivity index (χ4n) is 3.52. The van der Waals surface area contributed by atoms with Gasteiger partial charge in [-0.05, 0) is 30.7 Å². The standard InChI is InChI=1S/C22H25ClN2O3/c1-4-7-16-14-17(15-20(27-2)21(16)28-3)22(26)25-12-10-24(11-13-25)19-9-6-5-8-18(19)23/h4-6,8-9,14-15H,1,7,10-13H2,2-3H3. The molecule has 0 N–H and O–H groups in total. The smallest absolute Gasteiger partial charge is 0.254 e. The van der Waals surface area contributed by atoms with E-state index in [0.717, 1.165) is 29.4 Å². The van der Waals surface area contributed by atoms with Crippen molar-refractivity contribution >= 4 is 23.2 Å². The average Bonchev–Trinajstić information content (AvgIpc) is 2.73. The molecule has 1 fully saturated rings. The van der Waals surface area contributed by atoms with E-state index in [4.69, 9.17) is 21.1 Å². The third-order valence-corrected chi connectivity index (χ3v) is 5.25. The molecule has 3 rings (SSSR count). The quantitative estimate of drug-likeness (QED) is 0.686. The molecule has 1 aliphatic rings. The van der Waals surface area contributed by atoms with Gasteiger partial charge in [0.1, 0.15) is 0 Å². The first-order valence-corrected chi connectivity index (χ1v) is 9.61.